The molecule has 0 radical (unpaired) electrons. The average Bonchev–Trinajstić information content (AvgIpc) is 3.03. The van der Waals surface area contributed by atoms with Crippen molar-refractivity contribution in [2.45, 2.75) is 168 Å². The summed E-state index contributed by atoms with van der Waals surface area (Å²) in [5.74, 6) is -1.01. The van der Waals surface area contributed by atoms with Crippen molar-refractivity contribution in [3.8, 4) is 0 Å². The van der Waals surface area contributed by atoms with Gasteiger partial charge >= 0.3 is 17.9 Å². The van der Waals surface area contributed by atoms with Gasteiger partial charge in [0.1, 0.15) is 13.2 Å². The van der Waals surface area contributed by atoms with Crippen LogP contribution in [0.1, 0.15) is 162 Å². The summed E-state index contributed by atoms with van der Waals surface area (Å²) < 4.78 is 16.4. The summed E-state index contributed by atoms with van der Waals surface area (Å²) in [5.41, 5.74) is 0. The standard InChI is InChI=1S/C39H66O6/c1-4-7-10-13-15-17-18-19-20-22-23-26-29-32-38(41)44-35-36(34-43-37(40)31-28-25-12-9-6-3)45-39(42)33-30-27-24-21-16-14-11-8-5-2/h7,10,15,17,19-20,23,26,36H,4-6,8-9,11-14,16,18,21-22,24-25,27-35H2,1-3H3/b10-7-,17-15-,20-19-,26-23-. The topological polar surface area (TPSA) is 78.9 Å². The third-order valence-corrected chi connectivity index (χ3v) is 7.36. The van der Waals surface area contributed by atoms with Gasteiger partial charge in [-0.05, 0) is 44.9 Å². The van der Waals surface area contributed by atoms with Crippen LogP contribution in [0.2, 0.25) is 0 Å². The Bertz CT molecular complexity index is 825. The zero-order chi connectivity index (χ0) is 33.1. The van der Waals surface area contributed by atoms with E-state index in [0.717, 1.165) is 70.6 Å². The Labute approximate surface area is 276 Å². The van der Waals surface area contributed by atoms with E-state index in [1.807, 2.05) is 12.2 Å². The van der Waals surface area contributed by atoms with E-state index in [-0.39, 0.29) is 37.5 Å². The van der Waals surface area contributed by atoms with Gasteiger partial charge in [-0.1, -0.05) is 146 Å². The van der Waals surface area contributed by atoms with E-state index in [4.69, 9.17) is 14.2 Å². The van der Waals surface area contributed by atoms with Crippen LogP contribution in [0.5, 0.6) is 0 Å². The molecule has 1 unspecified atom stereocenters. The molecule has 0 spiro atoms. The summed E-state index contributed by atoms with van der Waals surface area (Å²) in [7, 11) is 0. The SMILES string of the molecule is CC/C=C\C/C=C\C/C=C\C/C=C\CCC(=O)OCC(COC(=O)CCCCCCC)OC(=O)CCCCCCCCCCC. The lowest BCUT2D eigenvalue weighted by molar-refractivity contribution is -0.166. The maximum Gasteiger partial charge on any atom is 0.306 e. The summed E-state index contributed by atoms with van der Waals surface area (Å²) in [5, 5.41) is 0. The Morgan fingerprint density at radius 2 is 0.867 bits per heavy atom. The Balaban J connectivity index is 4.43. The number of esters is 3. The minimum Gasteiger partial charge on any atom is -0.462 e. The first kappa shape index (κ1) is 42.4. The van der Waals surface area contributed by atoms with Crippen molar-refractivity contribution in [3.05, 3.63) is 48.6 Å². The first-order valence-corrected chi connectivity index (χ1v) is 18.1. The second-order valence-corrected chi connectivity index (χ2v) is 11.8. The molecule has 0 aliphatic rings. The molecule has 45 heavy (non-hydrogen) atoms. The van der Waals surface area contributed by atoms with Crippen LogP contribution in [-0.4, -0.2) is 37.2 Å². The van der Waals surface area contributed by atoms with Crippen molar-refractivity contribution in [1.29, 1.82) is 0 Å². The molecule has 0 aliphatic carbocycles. The number of rotatable bonds is 31. The second kappa shape index (κ2) is 34.2. The molecule has 0 fully saturated rings. The van der Waals surface area contributed by atoms with E-state index < -0.39 is 6.10 Å². The highest BCUT2D eigenvalue weighted by Crippen LogP contribution is 2.12. The van der Waals surface area contributed by atoms with E-state index in [1.54, 1.807) is 0 Å². The third kappa shape index (κ3) is 32.6. The molecule has 0 aromatic carbocycles. The molecule has 0 rings (SSSR count). The molecule has 0 bridgehead atoms. The van der Waals surface area contributed by atoms with Gasteiger partial charge in [0.2, 0.25) is 0 Å². The molecule has 0 heterocycles. The highest BCUT2D eigenvalue weighted by Gasteiger charge is 2.19. The zero-order valence-corrected chi connectivity index (χ0v) is 29.1. The quantitative estimate of drug-likeness (QED) is 0.0328. The van der Waals surface area contributed by atoms with Gasteiger partial charge in [-0.3, -0.25) is 14.4 Å². The van der Waals surface area contributed by atoms with Crippen molar-refractivity contribution < 1.29 is 28.6 Å². The summed E-state index contributed by atoms with van der Waals surface area (Å²) in [6.45, 7) is 6.30. The number of allylic oxidation sites excluding steroid dienone is 8. The van der Waals surface area contributed by atoms with Gasteiger partial charge < -0.3 is 14.2 Å². The number of hydrogen-bond acceptors (Lipinski definition) is 6. The van der Waals surface area contributed by atoms with Gasteiger partial charge in [-0.15, -0.1) is 0 Å². The molecule has 0 aromatic rings. The fraction of sp³-hybridized carbons (Fsp3) is 0.718. The summed E-state index contributed by atoms with van der Waals surface area (Å²) in [6, 6.07) is 0. The second-order valence-electron chi connectivity index (χ2n) is 11.8. The molecule has 0 aliphatic heterocycles. The van der Waals surface area contributed by atoms with Gasteiger partial charge in [0, 0.05) is 19.3 Å². The Kier molecular flexibility index (Phi) is 32.2. The van der Waals surface area contributed by atoms with Crippen LogP contribution in [0.3, 0.4) is 0 Å². The predicted octanol–water partition coefficient (Wildman–Crippen LogP) is 10.9. The van der Waals surface area contributed by atoms with E-state index in [0.29, 0.717) is 19.3 Å². The van der Waals surface area contributed by atoms with Crippen LogP contribution < -0.4 is 0 Å². The van der Waals surface area contributed by atoms with Gasteiger partial charge in [-0.2, -0.15) is 0 Å². The number of hydrogen-bond donors (Lipinski definition) is 0. The average molecular weight is 631 g/mol. The van der Waals surface area contributed by atoms with Crippen molar-refractivity contribution in [2.24, 2.45) is 0 Å². The van der Waals surface area contributed by atoms with Crippen molar-refractivity contribution in [1.82, 2.24) is 0 Å². The van der Waals surface area contributed by atoms with E-state index in [2.05, 4.69) is 57.2 Å². The van der Waals surface area contributed by atoms with Crippen LogP contribution >= 0.6 is 0 Å². The van der Waals surface area contributed by atoms with Gasteiger partial charge in [0.25, 0.3) is 0 Å². The van der Waals surface area contributed by atoms with Crippen molar-refractivity contribution in [3.63, 3.8) is 0 Å². The molecular weight excluding hydrogens is 564 g/mol. The molecule has 0 aromatic heterocycles. The molecule has 0 amide bonds. The zero-order valence-electron chi connectivity index (χ0n) is 29.1. The Morgan fingerprint density at radius 1 is 0.467 bits per heavy atom. The van der Waals surface area contributed by atoms with Crippen molar-refractivity contribution in [2.75, 3.05) is 13.2 Å². The summed E-state index contributed by atoms with van der Waals surface area (Å²) in [6.07, 6.45) is 37.1. The molecule has 6 nitrogen and oxygen atoms in total. The third-order valence-electron chi connectivity index (χ3n) is 7.36. The van der Waals surface area contributed by atoms with Crippen LogP contribution in [0.4, 0.5) is 0 Å². The molecule has 6 heteroatoms. The predicted molar refractivity (Wildman–Crippen MR) is 187 cm³/mol. The van der Waals surface area contributed by atoms with Crippen LogP contribution in [0, 0.1) is 0 Å². The first-order chi connectivity index (χ1) is 22.0. The highest BCUT2D eigenvalue weighted by molar-refractivity contribution is 5.71. The first-order valence-electron chi connectivity index (χ1n) is 18.1. The number of unbranched alkanes of at least 4 members (excludes halogenated alkanes) is 12. The molecule has 0 N–H and O–H groups in total. The fourth-order valence-corrected chi connectivity index (χ4v) is 4.63. The van der Waals surface area contributed by atoms with E-state index in [9.17, 15) is 14.4 Å². The minimum absolute atomic E-state index is 0.0958. The van der Waals surface area contributed by atoms with Crippen LogP contribution in [0.15, 0.2) is 48.6 Å². The largest absolute Gasteiger partial charge is 0.462 e. The van der Waals surface area contributed by atoms with Gasteiger partial charge in [-0.25, -0.2) is 0 Å². The highest BCUT2D eigenvalue weighted by atomic mass is 16.6. The maximum atomic E-state index is 12.5. The van der Waals surface area contributed by atoms with Crippen LogP contribution in [-0.2, 0) is 28.6 Å². The van der Waals surface area contributed by atoms with Crippen LogP contribution in [0.25, 0.3) is 0 Å². The monoisotopic (exact) mass is 630 g/mol. The van der Waals surface area contributed by atoms with E-state index >= 15 is 0 Å². The minimum atomic E-state index is -0.790. The molecule has 1 atom stereocenters. The van der Waals surface area contributed by atoms with Gasteiger partial charge in [0.15, 0.2) is 6.10 Å². The lowest BCUT2D eigenvalue weighted by atomic mass is 10.1. The smallest absolute Gasteiger partial charge is 0.306 e. The Hall–Kier alpha value is -2.63. The van der Waals surface area contributed by atoms with E-state index in [1.165, 1.54) is 44.9 Å². The Morgan fingerprint density at radius 3 is 1.36 bits per heavy atom. The number of carbonyl (C=O) groups excluding carboxylic acids is 3. The number of ether oxygens (including phenoxy) is 3. The maximum absolute atomic E-state index is 12.5. The summed E-state index contributed by atoms with van der Waals surface area (Å²) in [4.78, 5) is 37.1. The molecular formula is C39H66O6. The fourth-order valence-electron chi connectivity index (χ4n) is 4.63. The summed E-state index contributed by atoms with van der Waals surface area (Å²) >= 11 is 0. The van der Waals surface area contributed by atoms with Crippen molar-refractivity contribution >= 4 is 17.9 Å². The lowest BCUT2D eigenvalue weighted by Gasteiger charge is -2.18. The van der Waals surface area contributed by atoms with Gasteiger partial charge in [0.05, 0.1) is 0 Å². The lowest BCUT2D eigenvalue weighted by Crippen LogP contribution is -2.30. The number of carbonyl (C=O) groups is 3. The molecule has 0 saturated heterocycles. The normalized spacial score (nSPS) is 12.5. The molecule has 0 saturated carbocycles. The molecule has 258 valence electrons.